The molecule has 1 aliphatic heterocycles. The van der Waals surface area contributed by atoms with E-state index in [1.54, 1.807) is 12.4 Å². The zero-order chi connectivity index (χ0) is 18.6. The van der Waals surface area contributed by atoms with Crippen molar-refractivity contribution < 1.29 is 4.79 Å². The molecule has 1 aromatic carbocycles. The Morgan fingerprint density at radius 3 is 2.81 bits per heavy atom. The molecule has 6 nitrogen and oxygen atoms in total. The molecule has 1 aliphatic rings. The second-order valence-electron chi connectivity index (χ2n) is 6.88. The van der Waals surface area contributed by atoms with Gasteiger partial charge in [0, 0.05) is 43.1 Å². The summed E-state index contributed by atoms with van der Waals surface area (Å²) >= 11 is 0. The molecule has 6 heteroatoms. The van der Waals surface area contributed by atoms with Crippen molar-refractivity contribution in [3.05, 3.63) is 60.6 Å². The second-order valence-corrected chi connectivity index (χ2v) is 6.88. The highest BCUT2D eigenvalue weighted by molar-refractivity contribution is 6.07. The summed E-state index contributed by atoms with van der Waals surface area (Å²) in [6, 6.07) is 13.5. The molecular formula is C21H23N5O. The smallest absolute Gasteiger partial charge is 0.274 e. The fourth-order valence-electron chi connectivity index (χ4n) is 3.44. The lowest BCUT2D eigenvalue weighted by atomic mass is 10.2. The van der Waals surface area contributed by atoms with E-state index < -0.39 is 0 Å². The molecule has 0 spiro atoms. The molecule has 0 unspecified atom stereocenters. The number of carbonyl (C=O) groups is 1. The van der Waals surface area contributed by atoms with Crippen molar-refractivity contribution in [1.29, 1.82) is 0 Å². The molecule has 3 aromatic rings. The van der Waals surface area contributed by atoms with E-state index in [9.17, 15) is 4.79 Å². The fourth-order valence-corrected chi connectivity index (χ4v) is 3.44. The summed E-state index contributed by atoms with van der Waals surface area (Å²) < 4.78 is 0. The number of likely N-dealkylation sites (N-methyl/N-ethyl adjacent to an activating group) is 1. The molecule has 3 heterocycles. The number of fused-ring (bicyclic) bond motifs is 1. The van der Waals surface area contributed by atoms with Crippen LogP contribution in [0, 0.1) is 0 Å². The van der Waals surface area contributed by atoms with Gasteiger partial charge in [0.15, 0.2) is 0 Å². The first-order valence-corrected chi connectivity index (χ1v) is 9.25. The molecule has 0 aliphatic carbocycles. The van der Waals surface area contributed by atoms with Gasteiger partial charge in [-0.1, -0.05) is 18.2 Å². The molecule has 0 bridgehead atoms. The van der Waals surface area contributed by atoms with Crippen LogP contribution in [0.1, 0.15) is 16.9 Å². The van der Waals surface area contributed by atoms with Gasteiger partial charge in [-0.15, -0.1) is 0 Å². The first-order chi connectivity index (χ1) is 13.2. The third-order valence-electron chi connectivity index (χ3n) is 4.94. The fraction of sp³-hybridized carbons (Fsp3) is 0.286. The van der Waals surface area contributed by atoms with Gasteiger partial charge < -0.3 is 15.1 Å². The summed E-state index contributed by atoms with van der Waals surface area (Å²) in [6.07, 6.45) is 4.55. The highest BCUT2D eigenvalue weighted by atomic mass is 16.1. The van der Waals surface area contributed by atoms with E-state index >= 15 is 0 Å². The van der Waals surface area contributed by atoms with Gasteiger partial charge in [0.1, 0.15) is 5.69 Å². The van der Waals surface area contributed by atoms with Crippen LogP contribution in [-0.4, -0.2) is 54.0 Å². The van der Waals surface area contributed by atoms with Gasteiger partial charge in [0.2, 0.25) is 0 Å². The van der Waals surface area contributed by atoms with Crippen molar-refractivity contribution in [2.24, 2.45) is 0 Å². The van der Waals surface area contributed by atoms with Crippen LogP contribution in [0.4, 0.5) is 11.4 Å². The van der Waals surface area contributed by atoms with Crippen LogP contribution in [0.25, 0.3) is 10.9 Å². The Hall–Kier alpha value is -2.99. The van der Waals surface area contributed by atoms with Crippen LogP contribution >= 0.6 is 0 Å². The maximum Gasteiger partial charge on any atom is 0.274 e. The van der Waals surface area contributed by atoms with Crippen LogP contribution in [0.15, 0.2) is 54.9 Å². The lowest BCUT2D eigenvalue weighted by Crippen LogP contribution is -2.29. The first-order valence-electron chi connectivity index (χ1n) is 9.25. The van der Waals surface area contributed by atoms with Crippen LogP contribution in [0.3, 0.4) is 0 Å². The van der Waals surface area contributed by atoms with Gasteiger partial charge in [0.25, 0.3) is 5.91 Å². The molecule has 0 radical (unpaired) electrons. The molecule has 0 saturated carbocycles. The van der Waals surface area contributed by atoms with Crippen LogP contribution in [0.5, 0.6) is 0 Å². The number of hydrogen-bond donors (Lipinski definition) is 1. The largest absolute Gasteiger partial charge is 0.370 e. The Balaban J connectivity index is 1.55. The monoisotopic (exact) mass is 361 g/mol. The molecule has 27 heavy (non-hydrogen) atoms. The molecule has 1 saturated heterocycles. The lowest BCUT2D eigenvalue weighted by molar-refractivity contribution is 0.102. The Morgan fingerprint density at radius 2 is 1.89 bits per heavy atom. The first kappa shape index (κ1) is 17.4. The highest BCUT2D eigenvalue weighted by Crippen LogP contribution is 2.22. The zero-order valence-corrected chi connectivity index (χ0v) is 15.4. The van der Waals surface area contributed by atoms with E-state index in [0.717, 1.165) is 49.2 Å². The van der Waals surface area contributed by atoms with Crippen LogP contribution < -0.4 is 10.2 Å². The van der Waals surface area contributed by atoms with Gasteiger partial charge in [-0.3, -0.25) is 14.8 Å². The van der Waals surface area contributed by atoms with Gasteiger partial charge >= 0.3 is 0 Å². The topological polar surface area (TPSA) is 61.4 Å². The third kappa shape index (κ3) is 3.90. The summed E-state index contributed by atoms with van der Waals surface area (Å²) in [5, 5.41) is 3.95. The van der Waals surface area contributed by atoms with E-state index in [-0.39, 0.29) is 5.91 Å². The van der Waals surface area contributed by atoms with Crippen LogP contribution in [0.2, 0.25) is 0 Å². The summed E-state index contributed by atoms with van der Waals surface area (Å²) in [7, 11) is 2.15. The third-order valence-corrected chi connectivity index (χ3v) is 4.94. The normalized spacial score (nSPS) is 15.5. The maximum absolute atomic E-state index is 12.8. The number of nitrogens with zero attached hydrogens (tertiary/aromatic N) is 4. The lowest BCUT2D eigenvalue weighted by Gasteiger charge is -2.23. The van der Waals surface area contributed by atoms with E-state index in [0.29, 0.717) is 11.4 Å². The predicted molar refractivity (Wildman–Crippen MR) is 108 cm³/mol. The van der Waals surface area contributed by atoms with Gasteiger partial charge in [-0.05, 0) is 44.3 Å². The van der Waals surface area contributed by atoms with Crippen LogP contribution in [-0.2, 0) is 0 Å². The minimum atomic E-state index is -0.220. The molecule has 138 valence electrons. The number of anilines is 2. The van der Waals surface area contributed by atoms with Crippen molar-refractivity contribution >= 4 is 28.2 Å². The molecule has 2 aromatic heterocycles. The highest BCUT2D eigenvalue weighted by Gasteiger charge is 2.16. The van der Waals surface area contributed by atoms with E-state index in [2.05, 4.69) is 32.1 Å². The summed E-state index contributed by atoms with van der Waals surface area (Å²) in [6.45, 7) is 4.06. The Labute approximate surface area is 158 Å². The number of para-hydroxylation sites is 1. The maximum atomic E-state index is 12.8. The minimum absolute atomic E-state index is 0.220. The van der Waals surface area contributed by atoms with E-state index in [1.165, 1.54) is 0 Å². The number of amides is 1. The molecule has 0 atom stereocenters. The Bertz CT molecular complexity index is 953. The van der Waals surface area contributed by atoms with Gasteiger partial charge in [-0.2, -0.15) is 0 Å². The quantitative estimate of drug-likeness (QED) is 0.777. The second kappa shape index (κ2) is 7.72. The zero-order valence-electron chi connectivity index (χ0n) is 15.4. The average Bonchev–Trinajstić information content (AvgIpc) is 2.93. The van der Waals surface area contributed by atoms with Crippen molar-refractivity contribution in [3.8, 4) is 0 Å². The number of rotatable bonds is 3. The van der Waals surface area contributed by atoms with Gasteiger partial charge in [-0.25, -0.2) is 0 Å². The summed E-state index contributed by atoms with van der Waals surface area (Å²) in [5.41, 5.74) is 2.93. The number of nitrogens with one attached hydrogen (secondary N) is 1. The average molecular weight is 361 g/mol. The molecular weight excluding hydrogens is 338 g/mol. The van der Waals surface area contributed by atoms with Crippen molar-refractivity contribution in [2.75, 3.05) is 43.4 Å². The van der Waals surface area contributed by atoms with E-state index in [4.69, 9.17) is 0 Å². The number of benzene rings is 1. The Kier molecular flexibility index (Phi) is 4.98. The van der Waals surface area contributed by atoms with Crippen molar-refractivity contribution in [1.82, 2.24) is 14.9 Å². The molecule has 1 amide bonds. The standard InChI is InChI=1S/C21H23N5O/c1-25-11-4-12-26(14-13-25)17-8-10-22-19(15-17)21(27)24-18-7-2-5-16-6-3-9-23-20(16)18/h2-3,5-10,15H,4,11-14H2,1H3,(H,24,27). The predicted octanol–water partition coefficient (Wildman–Crippen LogP) is 3.02. The minimum Gasteiger partial charge on any atom is -0.370 e. The van der Waals surface area contributed by atoms with Crippen molar-refractivity contribution in [2.45, 2.75) is 6.42 Å². The SMILES string of the molecule is CN1CCCN(c2ccnc(C(=O)Nc3cccc4cccnc34)c2)CC1. The Morgan fingerprint density at radius 1 is 1.00 bits per heavy atom. The molecule has 4 rings (SSSR count). The number of aromatic nitrogens is 2. The van der Waals surface area contributed by atoms with E-state index in [1.807, 2.05) is 42.5 Å². The number of carbonyl (C=O) groups excluding carboxylic acids is 1. The van der Waals surface area contributed by atoms with Crippen molar-refractivity contribution in [3.63, 3.8) is 0 Å². The summed E-state index contributed by atoms with van der Waals surface area (Å²) in [5.74, 6) is -0.220. The molecule has 1 N–H and O–H groups in total. The number of hydrogen-bond acceptors (Lipinski definition) is 5. The molecule has 1 fully saturated rings. The van der Waals surface area contributed by atoms with Gasteiger partial charge in [0.05, 0.1) is 11.2 Å². The number of pyridine rings is 2. The summed E-state index contributed by atoms with van der Waals surface area (Å²) in [4.78, 5) is 26.1.